The maximum Gasteiger partial charge on any atom is 0.417 e. The van der Waals surface area contributed by atoms with Crippen LogP contribution in [0.4, 0.5) is 51.3 Å². The fourth-order valence-electron chi connectivity index (χ4n) is 5.81. The molecule has 0 unspecified atom stereocenters. The topological polar surface area (TPSA) is 87.4 Å². The Balaban J connectivity index is 1.72. The van der Waals surface area contributed by atoms with Crippen molar-refractivity contribution in [1.29, 1.82) is 0 Å². The Morgan fingerprint density at radius 1 is 0.830 bits per heavy atom. The van der Waals surface area contributed by atoms with Gasteiger partial charge in [0.25, 0.3) is 0 Å². The van der Waals surface area contributed by atoms with Crippen molar-refractivity contribution in [3.63, 3.8) is 0 Å². The number of anilines is 2. The van der Waals surface area contributed by atoms with E-state index in [0.717, 1.165) is 6.07 Å². The van der Waals surface area contributed by atoms with Gasteiger partial charge in [-0.15, -0.1) is 5.10 Å². The van der Waals surface area contributed by atoms with Gasteiger partial charge in [0.05, 0.1) is 16.7 Å². The van der Waals surface area contributed by atoms with E-state index in [9.17, 15) is 44.3 Å². The number of aryl methyl sites for hydroxylation is 1. The van der Waals surface area contributed by atoms with Crippen LogP contribution in [0.3, 0.4) is 0 Å². The summed E-state index contributed by atoms with van der Waals surface area (Å²) in [6, 6.07) is 1.96. The lowest BCUT2D eigenvalue weighted by Crippen LogP contribution is -2.34. The lowest BCUT2D eigenvalue weighted by molar-refractivity contribution is -0.143. The molecule has 0 aliphatic heterocycles. The minimum atomic E-state index is -5.10. The van der Waals surface area contributed by atoms with E-state index in [0.29, 0.717) is 57.1 Å². The molecule has 258 valence electrons. The highest BCUT2D eigenvalue weighted by atomic mass is 19.4. The molecule has 47 heavy (non-hydrogen) atoms. The quantitative estimate of drug-likeness (QED) is 0.209. The second kappa shape index (κ2) is 14.0. The Kier molecular flexibility index (Phi) is 10.6. The van der Waals surface area contributed by atoms with Gasteiger partial charge in [-0.05, 0) is 74.3 Å². The number of carboxylic acids is 1. The van der Waals surface area contributed by atoms with E-state index in [1.165, 1.54) is 23.0 Å². The highest BCUT2D eigenvalue weighted by molar-refractivity contribution is 5.67. The molecule has 2 heterocycles. The molecular formula is C30H33F9N6O2. The molecule has 0 spiro atoms. The van der Waals surface area contributed by atoms with E-state index in [-0.39, 0.29) is 41.7 Å². The molecular weight excluding hydrogens is 647 g/mol. The van der Waals surface area contributed by atoms with Crippen LogP contribution in [0.25, 0.3) is 0 Å². The van der Waals surface area contributed by atoms with Crippen LogP contribution in [-0.4, -0.2) is 43.9 Å². The number of carboxylic acid groups (broad SMARTS) is 1. The zero-order valence-electron chi connectivity index (χ0n) is 25.4. The van der Waals surface area contributed by atoms with Gasteiger partial charge < -0.3 is 14.9 Å². The van der Waals surface area contributed by atoms with Crippen molar-refractivity contribution in [2.75, 3.05) is 22.9 Å². The number of halogens is 9. The maximum atomic E-state index is 13.9. The van der Waals surface area contributed by atoms with Gasteiger partial charge in [0, 0.05) is 51.4 Å². The molecule has 0 radical (unpaired) electrons. The number of hydrogen-bond acceptors (Lipinski definition) is 6. The Hall–Kier alpha value is -4.05. The molecule has 1 aliphatic carbocycles. The first-order valence-electron chi connectivity index (χ1n) is 14.7. The van der Waals surface area contributed by atoms with Gasteiger partial charge in [-0.2, -0.15) is 39.5 Å². The maximum absolute atomic E-state index is 13.9. The Morgan fingerprint density at radius 3 is 1.89 bits per heavy atom. The largest absolute Gasteiger partial charge is 0.481 e. The van der Waals surface area contributed by atoms with Gasteiger partial charge in [-0.25, -0.2) is 9.97 Å². The van der Waals surface area contributed by atoms with Gasteiger partial charge in [-0.3, -0.25) is 9.48 Å². The number of benzene rings is 1. The summed E-state index contributed by atoms with van der Waals surface area (Å²) in [5, 5.41) is 13.2. The second-order valence-corrected chi connectivity index (χ2v) is 11.7. The molecule has 1 aromatic carbocycles. The monoisotopic (exact) mass is 680 g/mol. The average molecular weight is 681 g/mol. The van der Waals surface area contributed by atoms with E-state index in [4.69, 9.17) is 5.11 Å². The predicted molar refractivity (Wildman–Crippen MR) is 152 cm³/mol. The van der Waals surface area contributed by atoms with Crippen molar-refractivity contribution in [3.05, 3.63) is 64.6 Å². The van der Waals surface area contributed by atoms with E-state index in [1.807, 2.05) is 0 Å². The number of aliphatic carboxylic acids is 1. The summed E-state index contributed by atoms with van der Waals surface area (Å²) in [4.78, 5) is 22.3. The number of aromatic nitrogens is 4. The molecule has 3 aromatic rings. The lowest BCUT2D eigenvalue weighted by atomic mass is 9.80. The van der Waals surface area contributed by atoms with Crippen LogP contribution in [0, 0.1) is 11.8 Å². The lowest BCUT2D eigenvalue weighted by Gasteiger charge is -2.34. The molecule has 0 atom stereocenters. The number of pyridine rings is 1. The Morgan fingerprint density at radius 2 is 1.40 bits per heavy atom. The van der Waals surface area contributed by atoms with Crippen LogP contribution in [0.1, 0.15) is 66.8 Å². The molecule has 1 saturated carbocycles. The number of carbonyl (C=O) groups is 1. The minimum absolute atomic E-state index is 0.00402. The zero-order valence-corrected chi connectivity index (χ0v) is 25.4. The molecule has 8 nitrogen and oxygen atoms in total. The predicted octanol–water partition coefficient (Wildman–Crippen LogP) is 7.58. The van der Waals surface area contributed by atoms with Crippen LogP contribution >= 0.6 is 0 Å². The summed E-state index contributed by atoms with van der Waals surface area (Å²) in [6.45, 7) is 1.46. The summed E-state index contributed by atoms with van der Waals surface area (Å²) in [5.41, 5.74) is -4.56. The van der Waals surface area contributed by atoms with Crippen LogP contribution in [0.5, 0.6) is 0 Å². The molecule has 0 amide bonds. The summed E-state index contributed by atoms with van der Waals surface area (Å²) in [7, 11) is 1.47. The number of hydrogen-bond donors (Lipinski definition) is 1. The van der Waals surface area contributed by atoms with Gasteiger partial charge in [-0.1, -0.05) is 0 Å². The first-order valence-corrected chi connectivity index (χ1v) is 14.7. The summed E-state index contributed by atoms with van der Waals surface area (Å²) in [5.74, 6) is -0.729. The van der Waals surface area contributed by atoms with Crippen molar-refractivity contribution in [2.45, 2.75) is 70.6 Å². The summed E-state index contributed by atoms with van der Waals surface area (Å²) < 4.78 is 124. The van der Waals surface area contributed by atoms with Crippen molar-refractivity contribution in [2.24, 2.45) is 18.9 Å². The minimum Gasteiger partial charge on any atom is -0.481 e. The number of nitrogens with zero attached hydrogens (tertiary/aromatic N) is 6. The third-order valence-corrected chi connectivity index (χ3v) is 8.11. The van der Waals surface area contributed by atoms with Gasteiger partial charge in [0.15, 0.2) is 0 Å². The second-order valence-electron chi connectivity index (χ2n) is 11.7. The molecule has 0 bridgehead atoms. The molecule has 1 aliphatic rings. The average Bonchev–Trinajstić information content (AvgIpc) is 3.41. The molecule has 2 aromatic heterocycles. The Labute approximate surface area is 264 Å². The molecule has 17 heteroatoms. The number of rotatable bonds is 11. The van der Waals surface area contributed by atoms with Crippen molar-refractivity contribution in [1.82, 2.24) is 19.7 Å². The van der Waals surface area contributed by atoms with Crippen LogP contribution in [0.2, 0.25) is 0 Å². The van der Waals surface area contributed by atoms with Gasteiger partial charge in [0.1, 0.15) is 12.1 Å². The smallest absolute Gasteiger partial charge is 0.417 e. The van der Waals surface area contributed by atoms with Crippen LogP contribution < -0.4 is 9.80 Å². The third kappa shape index (κ3) is 9.50. The molecule has 0 saturated heterocycles. The van der Waals surface area contributed by atoms with Gasteiger partial charge >= 0.3 is 24.5 Å². The highest BCUT2D eigenvalue weighted by Gasteiger charge is 2.38. The fourth-order valence-corrected chi connectivity index (χ4v) is 5.81. The fraction of sp³-hybridized carbons (Fsp3) is 0.533. The van der Waals surface area contributed by atoms with Crippen molar-refractivity contribution < 1.29 is 49.4 Å². The first-order chi connectivity index (χ1) is 21.8. The van der Waals surface area contributed by atoms with Crippen molar-refractivity contribution in [3.8, 4) is 0 Å². The number of alkyl halides is 9. The zero-order chi connectivity index (χ0) is 34.7. The molecule has 1 N–H and O–H groups in total. The normalized spacial score (nSPS) is 17.5. The van der Waals surface area contributed by atoms with Crippen molar-refractivity contribution >= 4 is 17.7 Å². The molecule has 1 fully saturated rings. The summed E-state index contributed by atoms with van der Waals surface area (Å²) in [6.07, 6.45) is -10.3. The SMILES string of the molecule is CCN(CC1CCC(CC(=O)O)CC1)c1ncc(C(F)(F)F)cc1CN(Cc1cc(C(F)(F)F)cc(C(F)(F)F)c1)c1ncn(C)n1. The van der Waals surface area contributed by atoms with Crippen LogP contribution in [0.15, 0.2) is 36.8 Å². The van der Waals surface area contributed by atoms with Gasteiger partial charge in [0.2, 0.25) is 5.95 Å². The summed E-state index contributed by atoms with van der Waals surface area (Å²) >= 11 is 0. The van der Waals surface area contributed by atoms with Crippen LogP contribution in [-0.2, 0) is 43.5 Å². The van der Waals surface area contributed by atoms with E-state index >= 15 is 0 Å². The highest BCUT2D eigenvalue weighted by Crippen LogP contribution is 2.38. The van der Waals surface area contributed by atoms with E-state index < -0.39 is 59.8 Å². The molecule has 4 rings (SSSR count). The third-order valence-electron chi connectivity index (χ3n) is 8.11. The van der Waals surface area contributed by atoms with E-state index in [2.05, 4.69) is 15.1 Å². The Bertz CT molecular complexity index is 1500. The standard InChI is InChI=1S/C30H33F9N6O2/c1-3-44(14-19-6-4-18(5-7-19)10-25(46)47)26-21(11-24(13-40-26)30(37,38)39)16-45(27-41-17-43(2)42-27)15-20-8-22(28(31,32)33)12-23(9-20)29(34,35)36/h8-9,11-13,17-19H,3-7,10,14-16H2,1-2H3,(H,46,47). The first kappa shape index (κ1) is 35.8. The van der Waals surface area contributed by atoms with E-state index in [1.54, 1.807) is 11.8 Å².